The molecule has 156 valence electrons. The molecule has 0 saturated heterocycles. The molecular weight excluding hydrogens is 356 g/mol. The zero-order valence-electron chi connectivity index (χ0n) is 18.5. The molecule has 0 bridgehead atoms. The van der Waals surface area contributed by atoms with Crippen molar-refractivity contribution in [1.29, 1.82) is 5.41 Å². The first-order valence-electron chi connectivity index (χ1n) is 11.0. The predicted octanol–water partition coefficient (Wildman–Crippen LogP) is 6.69. The Morgan fingerprint density at radius 3 is 2.62 bits per heavy atom. The van der Waals surface area contributed by atoms with E-state index in [9.17, 15) is 0 Å². The number of nitrogens with zero attached hydrogens (tertiary/aromatic N) is 1. The van der Waals surface area contributed by atoms with E-state index in [4.69, 9.17) is 10.1 Å². The minimum Gasteiger partial charge on any atom is -0.462 e. The Morgan fingerprint density at radius 1 is 1.21 bits per heavy atom. The van der Waals surface area contributed by atoms with Crippen LogP contribution in [0, 0.1) is 16.7 Å². The van der Waals surface area contributed by atoms with Crippen molar-refractivity contribution in [2.24, 2.45) is 11.3 Å². The van der Waals surface area contributed by atoms with E-state index in [1.807, 2.05) is 6.08 Å². The van der Waals surface area contributed by atoms with Crippen molar-refractivity contribution in [2.45, 2.75) is 65.5 Å². The van der Waals surface area contributed by atoms with Crippen LogP contribution >= 0.6 is 0 Å². The van der Waals surface area contributed by atoms with Gasteiger partial charge in [-0.25, -0.2) is 0 Å². The number of hydrogen-bond donors (Lipinski definition) is 1. The maximum absolute atomic E-state index is 8.54. The van der Waals surface area contributed by atoms with Crippen LogP contribution in [0.4, 0.5) is 0 Å². The average Bonchev–Trinajstić information content (AvgIpc) is 2.87. The third kappa shape index (κ3) is 3.80. The molecule has 0 aromatic carbocycles. The molecule has 0 aromatic heterocycles. The van der Waals surface area contributed by atoms with Gasteiger partial charge in [0, 0.05) is 12.2 Å². The topological polar surface area (TPSA) is 36.3 Å². The first kappa shape index (κ1) is 21.4. The van der Waals surface area contributed by atoms with E-state index in [1.165, 1.54) is 17.5 Å². The highest BCUT2D eigenvalue weighted by Crippen LogP contribution is 2.55. The van der Waals surface area contributed by atoms with Gasteiger partial charge in [0.2, 0.25) is 5.72 Å². The summed E-state index contributed by atoms with van der Waals surface area (Å²) in [6.45, 7) is 13.9. The van der Waals surface area contributed by atoms with Crippen LogP contribution in [-0.4, -0.2) is 23.4 Å². The van der Waals surface area contributed by atoms with Gasteiger partial charge in [-0.2, -0.15) is 0 Å². The minimum atomic E-state index is -0.846. The van der Waals surface area contributed by atoms with Gasteiger partial charge in [0.25, 0.3) is 0 Å². The number of rotatable bonds is 5. The maximum Gasteiger partial charge on any atom is 0.227 e. The molecule has 1 unspecified atom stereocenters. The zero-order chi connectivity index (χ0) is 21.1. The van der Waals surface area contributed by atoms with Crippen LogP contribution in [-0.2, 0) is 4.74 Å². The molecule has 1 N–H and O–H groups in total. The fourth-order valence-corrected chi connectivity index (χ4v) is 4.79. The Kier molecular flexibility index (Phi) is 6.36. The molecule has 3 aliphatic rings. The van der Waals surface area contributed by atoms with E-state index >= 15 is 0 Å². The van der Waals surface area contributed by atoms with E-state index < -0.39 is 5.72 Å². The molecule has 3 nitrogen and oxygen atoms in total. The Bertz CT molecular complexity index is 809. The highest BCUT2D eigenvalue weighted by Gasteiger charge is 2.59. The van der Waals surface area contributed by atoms with Crippen molar-refractivity contribution in [3.63, 3.8) is 0 Å². The molecule has 2 aliphatic carbocycles. The molecule has 2 atom stereocenters. The lowest BCUT2D eigenvalue weighted by atomic mass is 9.75. The SMILES string of the molecule is C=C1/C=C\CCC/C=C\C(OC2(C=N)N(CCC)C3=C(C=CC[C@H]3C)C2(C)C)=C/1. The summed E-state index contributed by atoms with van der Waals surface area (Å²) < 4.78 is 6.80. The van der Waals surface area contributed by atoms with E-state index in [2.05, 4.69) is 75.6 Å². The monoisotopic (exact) mass is 392 g/mol. The highest BCUT2D eigenvalue weighted by atomic mass is 16.5. The van der Waals surface area contributed by atoms with Crippen molar-refractivity contribution in [1.82, 2.24) is 4.90 Å². The molecule has 29 heavy (non-hydrogen) atoms. The van der Waals surface area contributed by atoms with Gasteiger partial charge in [-0.1, -0.05) is 50.8 Å². The summed E-state index contributed by atoms with van der Waals surface area (Å²) in [5.74, 6) is 1.20. The number of nitrogens with one attached hydrogen (secondary N) is 1. The summed E-state index contributed by atoms with van der Waals surface area (Å²) in [6.07, 6.45) is 21.8. The van der Waals surface area contributed by atoms with Crippen molar-refractivity contribution >= 4 is 6.21 Å². The van der Waals surface area contributed by atoms with Crippen molar-refractivity contribution < 1.29 is 4.74 Å². The van der Waals surface area contributed by atoms with Crippen molar-refractivity contribution in [3.05, 3.63) is 71.7 Å². The fourth-order valence-electron chi connectivity index (χ4n) is 4.79. The zero-order valence-corrected chi connectivity index (χ0v) is 18.5. The molecule has 1 aliphatic heterocycles. The minimum absolute atomic E-state index is 0.342. The van der Waals surface area contributed by atoms with E-state index in [1.54, 1.807) is 0 Å². The highest BCUT2D eigenvalue weighted by molar-refractivity contribution is 5.72. The molecule has 1 heterocycles. The Morgan fingerprint density at radius 2 is 1.93 bits per heavy atom. The molecule has 3 heteroatoms. The lowest BCUT2D eigenvalue weighted by Gasteiger charge is -2.46. The first-order valence-corrected chi connectivity index (χ1v) is 11.0. The number of ether oxygens (including phenoxy) is 1. The van der Waals surface area contributed by atoms with Gasteiger partial charge < -0.3 is 15.0 Å². The number of hydrogen-bond acceptors (Lipinski definition) is 3. The summed E-state index contributed by atoms with van der Waals surface area (Å²) in [6, 6.07) is 0. The molecule has 0 radical (unpaired) electrons. The Labute approximate surface area is 176 Å². The molecule has 0 fully saturated rings. The van der Waals surface area contributed by atoms with Crippen molar-refractivity contribution in [3.8, 4) is 0 Å². The van der Waals surface area contributed by atoms with Gasteiger partial charge in [0.15, 0.2) is 0 Å². The van der Waals surface area contributed by atoms with Gasteiger partial charge in [0.1, 0.15) is 5.76 Å². The maximum atomic E-state index is 8.54. The van der Waals surface area contributed by atoms with Crippen LogP contribution in [0.5, 0.6) is 0 Å². The second-order valence-electron chi connectivity index (χ2n) is 8.91. The van der Waals surface area contributed by atoms with Gasteiger partial charge in [-0.3, -0.25) is 0 Å². The largest absolute Gasteiger partial charge is 0.462 e. The Hall–Kier alpha value is -2.29. The summed E-state index contributed by atoms with van der Waals surface area (Å²) in [5, 5.41) is 8.54. The van der Waals surface area contributed by atoms with Gasteiger partial charge in [-0.05, 0) is 75.2 Å². The van der Waals surface area contributed by atoms with Crippen molar-refractivity contribution in [2.75, 3.05) is 6.54 Å². The normalized spacial score (nSPS) is 33.0. The molecule has 0 amide bonds. The van der Waals surface area contributed by atoms with Gasteiger partial charge in [-0.15, -0.1) is 0 Å². The molecule has 0 spiro atoms. The third-order valence-electron chi connectivity index (χ3n) is 6.38. The Balaban J connectivity index is 2.08. The van der Waals surface area contributed by atoms with Crippen LogP contribution in [0.3, 0.4) is 0 Å². The summed E-state index contributed by atoms with van der Waals surface area (Å²) in [4.78, 5) is 2.36. The van der Waals surface area contributed by atoms with Crippen LogP contribution in [0.25, 0.3) is 0 Å². The second-order valence-corrected chi connectivity index (χ2v) is 8.91. The molecule has 0 saturated carbocycles. The third-order valence-corrected chi connectivity index (χ3v) is 6.38. The van der Waals surface area contributed by atoms with Crippen LogP contribution < -0.4 is 0 Å². The molecule has 3 rings (SSSR count). The molecule has 0 aromatic rings. The van der Waals surface area contributed by atoms with Crippen LogP contribution in [0.1, 0.15) is 59.8 Å². The summed E-state index contributed by atoms with van der Waals surface area (Å²) in [7, 11) is 0. The second kappa shape index (κ2) is 8.61. The molecular formula is C26H36N2O. The van der Waals surface area contributed by atoms with Crippen LogP contribution in [0.15, 0.2) is 71.7 Å². The predicted molar refractivity (Wildman–Crippen MR) is 123 cm³/mol. The standard InChI is InChI=1S/C26H36N2O/c1-6-17-28-24-21(3)14-12-16-23(24)25(4,5)26(28,19-27)29-22-15-11-9-7-8-10-13-20(2)18-22/h10-13,15-16,18-19,21,27H,2,6-9,14,17H2,1,3-5H3/b13-10-,15-11-,22-18+,27-19?/t21-,26?/m1/s1. The lowest BCUT2D eigenvalue weighted by molar-refractivity contribution is -0.0947. The van der Waals surface area contributed by atoms with Gasteiger partial charge >= 0.3 is 0 Å². The first-order chi connectivity index (χ1) is 13.9. The van der Waals surface area contributed by atoms with Gasteiger partial charge in [0.05, 0.1) is 11.6 Å². The average molecular weight is 393 g/mol. The number of allylic oxidation sites excluding steroid dienone is 9. The lowest BCUT2D eigenvalue weighted by Crippen LogP contribution is -2.56. The summed E-state index contributed by atoms with van der Waals surface area (Å²) >= 11 is 0. The van der Waals surface area contributed by atoms with E-state index in [-0.39, 0.29) is 5.41 Å². The van der Waals surface area contributed by atoms with Crippen LogP contribution in [0.2, 0.25) is 0 Å². The fraction of sp³-hybridized carbons (Fsp3) is 0.500. The smallest absolute Gasteiger partial charge is 0.227 e. The quantitative estimate of drug-likeness (QED) is 0.529. The van der Waals surface area contributed by atoms with E-state index in [0.717, 1.165) is 50.0 Å². The van der Waals surface area contributed by atoms with E-state index in [0.29, 0.717) is 5.92 Å². The summed E-state index contributed by atoms with van der Waals surface area (Å²) in [5.41, 5.74) is 2.38.